The number of hydrogen-bond acceptors (Lipinski definition) is 4. The van der Waals surface area contributed by atoms with Gasteiger partial charge in [-0.05, 0) is 12.5 Å². The van der Waals surface area contributed by atoms with Gasteiger partial charge in [-0.2, -0.15) is 0 Å². The highest BCUT2D eigenvalue weighted by Crippen LogP contribution is 2.06. The number of aliphatic carboxylic acids is 1. The van der Waals surface area contributed by atoms with E-state index in [9.17, 15) is 9.59 Å². The van der Waals surface area contributed by atoms with Crippen LogP contribution in [0.4, 0.5) is 4.79 Å². The normalized spacial score (nSPS) is 11.7. The smallest absolute Gasteiger partial charge is 0.410 e. The molecule has 0 radical (unpaired) electrons. The predicted molar refractivity (Wildman–Crippen MR) is 67.5 cm³/mol. The Morgan fingerprint density at radius 1 is 1.32 bits per heavy atom. The maximum Gasteiger partial charge on any atom is 0.410 e. The van der Waals surface area contributed by atoms with E-state index in [1.807, 2.05) is 18.2 Å². The lowest BCUT2D eigenvalue weighted by molar-refractivity contribution is -0.144. The van der Waals surface area contributed by atoms with Gasteiger partial charge in [0.05, 0.1) is 6.61 Å². The quantitative estimate of drug-likeness (QED) is 0.805. The van der Waals surface area contributed by atoms with E-state index in [0.29, 0.717) is 0 Å². The molecule has 0 saturated heterocycles. The fourth-order valence-electron chi connectivity index (χ4n) is 1.59. The van der Waals surface area contributed by atoms with Crippen molar-refractivity contribution in [3.8, 4) is 0 Å². The lowest BCUT2D eigenvalue weighted by Crippen LogP contribution is -2.47. The predicted octanol–water partition coefficient (Wildman–Crippen LogP) is 1.09. The molecule has 0 bridgehead atoms. The van der Waals surface area contributed by atoms with Gasteiger partial charge >= 0.3 is 12.1 Å². The zero-order chi connectivity index (χ0) is 14.3. The molecule has 0 aliphatic carbocycles. The van der Waals surface area contributed by atoms with Crippen LogP contribution in [0.5, 0.6) is 0 Å². The summed E-state index contributed by atoms with van der Waals surface area (Å²) in [6, 6.07) is 7.78. The molecule has 1 atom stereocenters. The molecule has 104 valence electrons. The van der Waals surface area contributed by atoms with Crippen LogP contribution in [0.2, 0.25) is 0 Å². The van der Waals surface area contributed by atoms with Gasteiger partial charge in [0.2, 0.25) is 0 Å². The average molecular weight is 267 g/mol. The van der Waals surface area contributed by atoms with E-state index in [2.05, 4.69) is 0 Å². The summed E-state index contributed by atoms with van der Waals surface area (Å²) in [5, 5.41) is 17.9. The first kappa shape index (κ1) is 15.0. The Labute approximate surface area is 111 Å². The number of benzene rings is 1. The molecule has 6 heteroatoms. The molecule has 0 fully saturated rings. The number of likely N-dealkylation sites (N-methyl/N-ethyl adjacent to an activating group) is 1. The zero-order valence-corrected chi connectivity index (χ0v) is 10.7. The molecule has 1 rings (SSSR count). The highest BCUT2D eigenvalue weighted by atomic mass is 16.6. The maximum absolute atomic E-state index is 11.8. The van der Waals surface area contributed by atoms with Crippen molar-refractivity contribution in [2.45, 2.75) is 19.6 Å². The summed E-state index contributed by atoms with van der Waals surface area (Å²) in [6.07, 6.45) is -0.757. The molecule has 0 aliphatic rings. The molecule has 19 heavy (non-hydrogen) atoms. The van der Waals surface area contributed by atoms with Crippen molar-refractivity contribution in [3.63, 3.8) is 0 Å². The van der Waals surface area contributed by atoms with Gasteiger partial charge in [-0.1, -0.05) is 30.3 Å². The molecule has 0 aliphatic heterocycles. The fourth-order valence-corrected chi connectivity index (χ4v) is 1.59. The number of carboxylic acid groups (broad SMARTS) is 1. The average Bonchev–Trinajstić information content (AvgIpc) is 2.42. The summed E-state index contributed by atoms with van der Waals surface area (Å²) >= 11 is 0. The Hall–Kier alpha value is -2.08. The lowest BCUT2D eigenvalue weighted by atomic mass is 10.2. The van der Waals surface area contributed by atoms with Crippen molar-refractivity contribution in [3.05, 3.63) is 35.9 Å². The van der Waals surface area contributed by atoms with Gasteiger partial charge in [0.1, 0.15) is 6.61 Å². The minimum Gasteiger partial charge on any atom is -0.480 e. The Morgan fingerprint density at radius 3 is 2.42 bits per heavy atom. The van der Waals surface area contributed by atoms with E-state index in [4.69, 9.17) is 14.9 Å². The minimum atomic E-state index is -1.28. The van der Waals surface area contributed by atoms with Crippen LogP contribution in [-0.4, -0.2) is 46.4 Å². The molecule has 0 unspecified atom stereocenters. The lowest BCUT2D eigenvalue weighted by Gasteiger charge is -2.25. The van der Waals surface area contributed by atoms with Crippen LogP contribution in [0.1, 0.15) is 12.5 Å². The number of aliphatic hydroxyl groups excluding tert-OH is 1. The van der Waals surface area contributed by atoms with Crippen LogP contribution < -0.4 is 0 Å². The molecular formula is C13H17NO5. The standard InChI is InChI=1S/C13H17NO5/c1-2-14(11(8-15)12(16)17)13(18)19-9-10-6-4-3-5-7-10/h3-7,11,15H,2,8-9H2,1H3,(H,16,17)/t11-/m0/s1. The van der Waals surface area contributed by atoms with Crippen LogP contribution in [0.15, 0.2) is 30.3 Å². The highest BCUT2D eigenvalue weighted by Gasteiger charge is 2.28. The fraction of sp³-hybridized carbons (Fsp3) is 0.385. The third-order valence-electron chi connectivity index (χ3n) is 2.61. The van der Waals surface area contributed by atoms with Crippen LogP contribution in [0, 0.1) is 0 Å². The van der Waals surface area contributed by atoms with Gasteiger partial charge in [-0.15, -0.1) is 0 Å². The van der Waals surface area contributed by atoms with Crippen LogP contribution in [0.25, 0.3) is 0 Å². The number of nitrogens with zero attached hydrogens (tertiary/aromatic N) is 1. The Morgan fingerprint density at radius 2 is 1.95 bits per heavy atom. The second-order valence-corrected chi connectivity index (χ2v) is 3.86. The summed E-state index contributed by atoms with van der Waals surface area (Å²) in [7, 11) is 0. The number of hydrogen-bond donors (Lipinski definition) is 2. The van der Waals surface area contributed by atoms with E-state index in [1.165, 1.54) is 0 Å². The van der Waals surface area contributed by atoms with Crippen molar-refractivity contribution in [2.75, 3.05) is 13.2 Å². The first-order valence-electron chi connectivity index (χ1n) is 5.91. The summed E-state index contributed by atoms with van der Waals surface area (Å²) in [5.74, 6) is -1.26. The molecule has 6 nitrogen and oxygen atoms in total. The van der Waals surface area contributed by atoms with Gasteiger partial charge in [0.15, 0.2) is 6.04 Å². The van der Waals surface area contributed by atoms with Crippen molar-refractivity contribution < 1.29 is 24.5 Å². The summed E-state index contributed by atoms with van der Waals surface area (Å²) < 4.78 is 5.03. The van der Waals surface area contributed by atoms with E-state index in [-0.39, 0.29) is 13.2 Å². The molecule has 1 aromatic rings. The first-order valence-corrected chi connectivity index (χ1v) is 5.91. The summed E-state index contributed by atoms with van der Waals surface area (Å²) in [4.78, 5) is 23.7. The summed E-state index contributed by atoms with van der Waals surface area (Å²) in [5.41, 5.74) is 0.808. The molecule has 0 spiro atoms. The van der Waals surface area contributed by atoms with Gasteiger partial charge in [-0.25, -0.2) is 9.59 Å². The molecule has 1 amide bonds. The van der Waals surface area contributed by atoms with Crippen molar-refractivity contribution in [1.29, 1.82) is 0 Å². The van der Waals surface area contributed by atoms with Gasteiger partial charge in [-0.3, -0.25) is 4.90 Å². The number of carbonyl (C=O) groups excluding carboxylic acids is 1. The van der Waals surface area contributed by atoms with Crippen molar-refractivity contribution in [1.82, 2.24) is 4.90 Å². The van der Waals surface area contributed by atoms with Gasteiger partial charge in [0, 0.05) is 6.54 Å². The van der Waals surface area contributed by atoms with Gasteiger partial charge < -0.3 is 14.9 Å². The molecular weight excluding hydrogens is 250 g/mol. The SMILES string of the molecule is CCN(C(=O)OCc1ccccc1)[C@@H](CO)C(=O)O. The molecule has 0 saturated carbocycles. The second kappa shape index (κ2) is 7.38. The topological polar surface area (TPSA) is 87.1 Å². The Balaban J connectivity index is 2.61. The van der Waals surface area contributed by atoms with Crippen molar-refractivity contribution >= 4 is 12.1 Å². The Kier molecular flexibility index (Phi) is 5.81. The number of carboxylic acids is 1. The highest BCUT2D eigenvalue weighted by molar-refractivity contribution is 5.80. The molecule has 2 N–H and O–H groups in total. The molecule has 0 heterocycles. The number of ether oxygens (including phenoxy) is 1. The van der Waals surface area contributed by atoms with Gasteiger partial charge in [0.25, 0.3) is 0 Å². The minimum absolute atomic E-state index is 0.0634. The van der Waals surface area contributed by atoms with E-state index in [1.54, 1.807) is 19.1 Å². The summed E-state index contributed by atoms with van der Waals surface area (Å²) in [6.45, 7) is 1.18. The number of carbonyl (C=O) groups is 2. The third-order valence-corrected chi connectivity index (χ3v) is 2.61. The Bertz CT molecular complexity index is 420. The van der Waals surface area contributed by atoms with Crippen LogP contribution in [-0.2, 0) is 16.1 Å². The van der Waals surface area contributed by atoms with Crippen LogP contribution >= 0.6 is 0 Å². The van der Waals surface area contributed by atoms with Crippen LogP contribution in [0.3, 0.4) is 0 Å². The van der Waals surface area contributed by atoms with E-state index < -0.39 is 24.7 Å². The number of rotatable bonds is 6. The monoisotopic (exact) mass is 267 g/mol. The third kappa shape index (κ3) is 4.26. The number of aliphatic hydroxyl groups is 1. The first-order chi connectivity index (χ1) is 9.10. The zero-order valence-electron chi connectivity index (χ0n) is 10.7. The van der Waals surface area contributed by atoms with Crippen molar-refractivity contribution in [2.24, 2.45) is 0 Å². The largest absolute Gasteiger partial charge is 0.480 e. The molecule has 1 aromatic carbocycles. The maximum atomic E-state index is 11.8. The van der Waals surface area contributed by atoms with E-state index >= 15 is 0 Å². The molecule has 0 aromatic heterocycles. The second-order valence-electron chi connectivity index (χ2n) is 3.86. The number of amides is 1. The van der Waals surface area contributed by atoms with E-state index in [0.717, 1.165) is 10.5 Å².